The van der Waals surface area contributed by atoms with Gasteiger partial charge in [0.2, 0.25) is 0 Å². The summed E-state index contributed by atoms with van der Waals surface area (Å²) in [5.41, 5.74) is 1.52. The fourth-order valence-corrected chi connectivity index (χ4v) is 3.14. The van der Waals surface area contributed by atoms with Gasteiger partial charge in [-0.3, -0.25) is 9.36 Å². The van der Waals surface area contributed by atoms with Gasteiger partial charge in [0.05, 0.1) is 18.7 Å². The van der Waals surface area contributed by atoms with Gasteiger partial charge in [0.25, 0.3) is 5.91 Å². The monoisotopic (exact) mass is 426 g/mol. The molecular weight excluding hydrogens is 400 g/mol. The van der Waals surface area contributed by atoms with Crippen LogP contribution in [0.25, 0.3) is 11.1 Å². The van der Waals surface area contributed by atoms with Gasteiger partial charge in [0.1, 0.15) is 18.4 Å². The molecule has 3 rings (SSSR count). The normalized spacial score (nSPS) is 12.0. The van der Waals surface area contributed by atoms with Gasteiger partial charge in [-0.1, -0.05) is 26.0 Å². The van der Waals surface area contributed by atoms with Gasteiger partial charge in [-0.25, -0.2) is 9.59 Å². The lowest BCUT2D eigenvalue weighted by Crippen LogP contribution is -2.45. The number of esters is 1. The van der Waals surface area contributed by atoms with Crippen LogP contribution in [0, 0.1) is 5.92 Å². The van der Waals surface area contributed by atoms with Crippen molar-refractivity contribution >= 4 is 23.0 Å². The van der Waals surface area contributed by atoms with Gasteiger partial charge in [0, 0.05) is 5.56 Å². The number of para-hydroxylation sites is 2. The maximum absolute atomic E-state index is 12.6. The Kier molecular flexibility index (Phi) is 7.12. The van der Waals surface area contributed by atoms with E-state index in [1.807, 2.05) is 20.8 Å². The zero-order valence-corrected chi connectivity index (χ0v) is 17.8. The summed E-state index contributed by atoms with van der Waals surface area (Å²) in [6.07, 6.45) is 0. The van der Waals surface area contributed by atoms with Crippen molar-refractivity contribution in [3.8, 4) is 5.75 Å². The summed E-state index contributed by atoms with van der Waals surface area (Å²) in [7, 11) is 0. The Labute approximate surface area is 179 Å². The molecule has 8 heteroatoms. The summed E-state index contributed by atoms with van der Waals surface area (Å²) in [5, 5.41) is 2.73. The molecular formula is C23H26N2O6. The van der Waals surface area contributed by atoms with E-state index in [1.54, 1.807) is 48.5 Å². The second-order valence-corrected chi connectivity index (χ2v) is 7.31. The second kappa shape index (κ2) is 9.97. The highest BCUT2D eigenvalue weighted by Crippen LogP contribution is 2.14. The van der Waals surface area contributed by atoms with E-state index in [0.29, 0.717) is 29.0 Å². The first-order chi connectivity index (χ1) is 14.9. The number of nitrogens with zero attached hydrogens (tertiary/aromatic N) is 1. The van der Waals surface area contributed by atoms with Crippen molar-refractivity contribution in [2.24, 2.45) is 5.92 Å². The van der Waals surface area contributed by atoms with E-state index in [4.69, 9.17) is 13.9 Å². The van der Waals surface area contributed by atoms with Crippen LogP contribution >= 0.6 is 0 Å². The third-order valence-electron chi connectivity index (χ3n) is 4.77. The predicted octanol–water partition coefficient (Wildman–Crippen LogP) is 2.99. The minimum atomic E-state index is -0.822. The predicted molar refractivity (Wildman–Crippen MR) is 115 cm³/mol. The summed E-state index contributed by atoms with van der Waals surface area (Å²) in [6, 6.07) is 12.9. The van der Waals surface area contributed by atoms with Gasteiger partial charge in [-0.2, -0.15) is 0 Å². The summed E-state index contributed by atoms with van der Waals surface area (Å²) in [4.78, 5) is 37.2. The Balaban J connectivity index is 1.60. The number of amides is 1. The van der Waals surface area contributed by atoms with Crippen LogP contribution < -0.4 is 15.8 Å². The molecule has 1 N–H and O–H groups in total. The average Bonchev–Trinajstić information content (AvgIpc) is 3.07. The van der Waals surface area contributed by atoms with Crippen molar-refractivity contribution in [2.75, 3.05) is 13.2 Å². The maximum atomic E-state index is 12.6. The Morgan fingerprint density at radius 2 is 1.81 bits per heavy atom. The molecule has 0 aliphatic rings. The van der Waals surface area contributed by atoms with Crippen LogP contribution in [0.1, 0.15) is 31.1 Å². The number of benzene rings is 2. The molecule has 0 saturated carbocycles. The summed E-state index contributed by atoms with van der Waals surface area (Å²) in [5.74, 6) is -0.968. The number of fused-ring (bicyclic) bond motifs is 1. The summed E-state index contributed by atoms with van der Waals surface area (Å²) >= 11 is 0. The molecule has 164 valence electrons. The van der Waals surface area contributed by atoms with E-state index >= 15 is 0 Å². The smallest absolute Gasteiger partial charge is 0.420 e. The second-order valence-electron chi connectivity index (χ2n) is 7.31. The van der Waals surface area contributed by atoms with Crippen LogP contribution in [0.5, 0.6) is 5.75 Å². The molecule has 3 aromatic rings. The highest BCUT2D eigenvalue weighted by molar-refractivity contribution is 5.96. The Bertz CT molecular complexity index is 1100. The fourth-order valence-electron chi connectivity index (χ4n) is 3.14. The van der Waals surface area contributed by atoms with E-state index in [0.717, 1.165) is 0 Å². The van der Waals surface area contributed by atoms with Crippen molar-refractivity contribution in [1.82, 2.24) is 9.88 Å². The largest absolute Gasteiger partial charge is 0.494 e. The molecule has 0 bridgehead atoms. The Hall–Kier alpha value is -3.55. The molecule has 1 aromatic heterocycles. The quantitative estimate of drug-likeness (QED) is 0.528. The Morgan fingerprint density at radius 3 is 2.48 bits per heavy atom. The lowest BCUT2D eigenvalue weighted by molar-refractivity contribution is -0.147. The molecule has 0 spiro atoms. The number of carbonyl (C=O) groups is 2. The number of aromatic nitrogens is 1. The number of carbonyl (C=O) groups excluding carboxylic acids is 2. The van der Waals surface area contributed by atoms with E-state index in [9.17, 15) is 14.4 Å². The minimum absolute atomic E-state index is 0.0234. The van der Waals surface area contributed by atoms with Crippen molar-refractivity contribution < 1.29 is 23.5 Å². The highest BCUT2D eigenvalue weighted by Gasteiger charge is 2.26. The lowest BCUT2D eigenvalue weighted by Gasteiger charge is -2.21. The van der Waals surface area contributed by atoms with E-state index < -0.39 is 17.8 Å². The number of ether oxygens (including phenoxy) is 2. The average molecular weight is 426 g/mol. The van der Waals surface area contributed by atoms with Crippen LogP contribution in [-0.4, -0.2) is 35.7 Å². The van der Waals surface area contributed by atoms with Crippen LogP contribution in [-0.2, 0) is 16.1 Å². The van der Waals surface area contributed by atoms with Crippen LogP contribution in [0.4, 0.5) is 0 Å². The molecule has 0 aliphatic heterocycles. The molecule has 0 saturated heterocycles. The van der Waals surface area contributed by atoms with Crippen LogP contribution in [0.15, 0.2) is 57.7 Å². The van der Waals surface area contributed by atoms with E-state index in [1.165, 1.54) is 4.57 Å². The molecule has 1 amide bonds. The van der Waals surface area contributed by atoms with Gasteiger partial charge in [-0.05, 0) is 49.2 Å². The minimum Gasteiger partial charge on any atom is -0.494 e. The first-order valence-electron chi connectivity index (χ1n) is 10.2. The van der Waals surface area contributed by atoms with Crippen molar-refractivity contribution in [3.63, 3.8) is 0 Å². The highest BCUT2D eigenvalue weighted by atomic mass is 16.5. The van der Waals surface area contributed by atoms with Gasteiger partial charge >= 0.3 is 11.7 Å². The number of hydrogen-bond acceptors (Lipinski definition) is 6. The molecule has 0 unspecified atom stereocenters. The summed E-state index contributed by atoms with van der Waals surface area (Å²) in [6.45, 7) is 6.18. The third-order valence-corrected chi connectivity index (χ3v) is 4.77. The first-order valence-corrected chi connectivity index (χ1v) is 10.2. The maximum Gasteiger partial charge on any atom is 0.420 e. The molecule has 8 nitrogen and oxygen atoms in total. The molecule has 0 radical (unpaired) electrons. The molecule has 2 aromatic carbocycles. The van der Waals surface area contributed by atoms with Crippen LogP contribution in [0.3, 0.4) is 0 Å². The van der Waals surface area contributed by atoms with Crippen molar-refractivity contribution in [3.05, 3.63) is 64.6 Å². The van der Waals surface area contributed by atoms with Crippen molar-refractivity contribution in [1.29, 1.82) is 0 Å². The standard InChI is InChI=1S/C23H26N2O6/c1-4-29-17-11-9-16(10-12-17)21(26)24-20(15(2)3)22(27)30-14-13-25-18-7-5-6-8-19(18)31-23(25)28/h5-12,15,20H,4,13-14H2,1-3H3,(H,24,26)/t20-/m0/s1. The number of oxazole rings is 1. The number of hydrogen-bond donors (Lipinski definition) is 1. The fraction of sp³-hybridized carbons (Fsp3) is 0.348. The van der Waals surface area contributed by atoms with Crippen molar-refractivity contribution in [2.45, 2.75) is 33.4 Å². The molecule has 1 heterocycles. The molecule has 0 fully saturated rings. The molecule has 31 heavy (non-hydrogen) atoms. The molecule has 0 aliphatic carbocycles. The van der Waals surface area contributed by atoms with E-state index in [-0.39, 0.29) is 25.0 Å². The SMILES string of the molecule is CCOc1ccc(C(=O)N[C@H](C(=O)OCCn2c(=O)oc3ccccc32)C(C)C)cc1. The summed E-state index contributed by atoms with van der Waals surface area (Å²) < 4.78 is 17.3. The zero-order valence-electron chi connectivity index (χ0n) is 17.8. The number of rotatable bonds is 9. The Morgan fingerprint density at radius 1 is 1.10 bits per heavy atom. The first kappa shape index (κ1) is 22.1. The van der Waals surface area contributed by atoms with Crippen LogP contribution in [0.2, 0.25) is 0 Å². The lowest BCUT2D eigenvalue weighted by atomic mass is 10.0. The third kappa shape index (κ3) is 5.33. The van der Waals surface area contributed by atoms with E-state index in [2.05, 4.69) is 5.32 Å². The van der Waals surface area contributed by atoms with Gasteiger partial charge in [0.15, 0.2) is 5.58 Å². The topological polar surface area (TPSA) is 99.8 Å². The zero-order chi connectivity index (χ0) is 22.4. The molecule has 1 atom stereocenters. The van der Waals surface area contributed by atoms with Gasteiger partial charge < -0.3 is 19.2 Å². The number of nitrogens with one attached hydrogen (secondary N) is 1. The van der Waals surface area contributed by atoms with Gasteiger partial charge in [-0.15, -0.1) is 0 Å².